The van der Waals surface area contributed by atoms with E-state index in [0.717, 1.165) is 0 Å². The summed E-state index contributed by atoms with van der Waals surface area (Å²) in [6.07, 6.45) is 1.44. The van der Waals surface area contributed by atoms with Gasteiger partial charge in [0.25, 0.3) is 5.56 Å². The Bertz CT molecular complexity index is 411. The van der Waals surface area contributed by atoms with E-state index in [0.29, 0.717) is 16.7 Å². The van der Waals surface area contributed by atoms with Crippen LogP contribution >= 0.6 is 22.6 Å². The van der Waals surface area contributed by atoms with Crippen molar-refractivity contribution in [1.29, 1.82) is 0 Å². The molecule has 0 amide bonds. The van der Waals surface area contributed by atoms with Crippen LogP contribution in [0.5, 0.6) is 0 Å². The fourth-order valence-corrected chi connectivity index (χ4v) is 1.30. The third-order valence-electron chi connectivity index (χ3n) is 1.46. The molecule has 0 aromatic carbocycles. The molecular formula is C7H10IN3O3. The summed E-state index contributed by atoms with van der Waals surface area (Å²) in [7, 11) is 0. The Morgan fingerprint density at radius 3 is 2.93 bits per heavy atom. The summed E-state index contributed by atoms with van der Waals surface area (Å²) in [5.41, 5.74) is 4.35. The number of hydrogen-bond donors (Lipinski definition) is 2. The Kier molecular flexibility index (Phi) is 4.29. The van der Waals surface area contributed by atoms with Crippen LogP contribution in [0.4, 0.5) is 0 Å². The second-order valence-corrected chi connectivity index (χ2v) is 3.69. The van der Waals surface area contributed by atoms with Crippen LogP contribution < -0.4 is 17.0 Å². The minimum Gasteiger partial charge on any atom is -0.359 e. The molecule has 0 aliphatic rings. The molecule has 0 unspecified atom stereocenters. The van der Waals surface area contributed by atoms with Crippen LogP contribution in [-0.2, 0) is 11.5 Å². The highest BCUT2D eigenvalue weighted by Crippen LogP contribution is 1.92. The Balaban J connectivity index is 2.82. The summed E-state index contributed by atoms with van der Waals surface area (Å²) in [5.74, 6) is 0. The van der Waals surface area contributed by atoms with Crippen molar-refractivity contribution in [3.8, 4) is 0 Å². The molecule has 0 atom stereocenters. The number of nitrogens with one attached hydrogen (secondary N) is 1. The van der Waals surface area contributed by atoms with E-state index in [1.54, 1.807) is 0 Å². The summed E-state index contributed by atoms with van der Waals surface area (Å²) in [6.45, 7) is 0.875. The molecule has 0 radical (unpaired) electrons. The average molecular weight is 311 g/mol. The van der Waals surface area contributed by atoms with E-state index in [9.17, 15) is 9.59 Å². The molecule has 0 aliphatic carbocycles. The van der Waals surface area contributed by atoms with Crippen molar-refractivity contribution in [3.63, 3.8) is 0 Å². The molecule has 1 aromatic heterocycles. The normalized spacial score (nSPS) is 10.4. The molecule has 0 bridgehead atoms. The van der Waals surface area contributed by atoms with Gasteiger partial charge in [0, 0.05) is 12.7 Å². The highest BCUT2D eigenvalue weighted by Gasteiger charge is 2.00. The maximum absolute atomic E-state index is 11.2. The quantitative estimate of drug-likeness (QED) is 0.555. The molecule has 78 valence electrons. The molecule has 1 heterocycles. The van der Waals surface area contributed by atoms with Gasteiger partial charge in [-0.1, -0.05) is 0 Å². The van der Waals surface area contributed by atoms with Crippen LogP contribution in [0.1, 0.15) is 0 Å². The number of aromatic amines is 1. The van der Waals surface area contributed by atoms with Crippen LogP contribution in [0, 0.1) is 3.57 Å². The van der Waals surface area contributed by atoms with Crippen LogP contribution in [0.15, 0.2) is 15.8 Å². The molecule has 3 N–H and O–H groups in total. The first kappa shape index (κ1) is 11.4. The van der Waals surface area contributed by atoms with Gasteiger partial charge in [-0.3, -0.25) is 14.3 Å². The number of H-pyrrole nitrogens is 1. The first-order valence-corrected chi connectivity index (χ1v) is 5.00. The monoisotopic (exact) mass is 311 g/mol. The van der Waals surface area contributed by atoms with Crippen molar-refractivity contribution < 1.29 is 4.74 Å². The van der Waals surface area contributed by atoms with Crippen LogP contribution in [-0.4, -0.2) is 22.7 Å². The maximum Gasteiger partial charge on any atom is 0.330 e. The lowest BCUT2D eigenvalue weighted by molar-refractivity contribution is 0.0795. The number of aromatic nitrogens is 2. The molecule has 14 heavy (non-hydrogen) atoms. The number of rotatable bonds is 4. The van der Waals surface area contributed by atoms with Crippen molar-refractivity contribution >= 4 is 22.6 Å². The summed E-state index contributed by atoms with van der Waals surface area (Å²) in [5, 5.41) is 0. The van der Waals surface area contributed by atoms with Crippen LogP contribution in [0.2, 0.25) is 0 Å². The second-order valence-electron chi connectivity index (χ2n) is 2.53. The van der Waals surface area contributed by atoms with E-state index in [1.165, 1.54) is 10.8 Å². The number of nitrogens with zero attached hydrogens (tertiary/aromatic N) is 1. The SMILES string of the molecule is NCCOCn1cc(I)c(=O)[nH]c1=O. The predicted molar refractivity (Wildman–Crippen MR) is 59.0 cm³/mol. The third-order valence-corrected chi connectivity index (χ3v) is 2.23. The minimum atomic E-state index is -0.479. The molecule has 0 fully saturated rings. The van der Waals surface area contributed by atoms with Gasteiger partial charge in [-0.25, -0.2) is 4.79 Å². The lowest BCUT2D eigenvalue weighted by atomic mass is 10.6. The fourth-order valence-electron chi connectivity index (χ4n) is 0.825. The summed E-state index contributed by atoms with van der Waals surface area (Å²) < 4.78 is 6.78. The fraction of sp³-hybridized carbons (Fsp3) is 0.429. The van der Waals surface area contributed by atoms with Gasteiger partial charge < -0.3 is 10.5 Å². The smallest absolute Gasteiger partial charge is 0.330 e. The Morgan fingerprint density at radius 2 is 2.29 bits per heavy atom. The number of halogens is 1. The first-order chi connectivity index (χ1) is 6.65. The second kappa shape index (κ2) is 5.27. The van der Waals surface area contributed by atoms with E-state index >= 15 is 0 Å². The molecule has 0 saturated carbocycles. The lowest BCUT2D eigenvalue weighted by Crippen LogP contribution is -2.31. The first-order valence-electron chi connectivity index (χ1n) is 3.92. The zero-order chi connectivity index (χ0) is 10.6. The maximum atomic E-state index is 11.2. The largest absolute Gasteiger partial charge is 0.359 e. The van der Waals surface area contributed by atoms with Gasteiger partial charge >= 0.3 is 5.69 Å². The Morgan fingerprint density at radius 1 is 1.57 bits per heavy atom. The van der Waals surface area contributed by atoms with Crippen molar-refractivity contribution in [3.05, 3.63) is 30.6 Å². The molecule has 1 aromatic rings. The van der Waals surface area contributed by atoms with Gasteiger partial charge in [0.05, 0.1) is 10.2 Å². The standard InChI is InChI=1S/C7H10IN3O3/c8-5-3-11(4-14-2-1-9)7(13)10-6(5)12/h3H,1-2,4,9H2,(H,10,12,13). The van der Waals surface area contributed by atoms with Crippen molar-refractivity contribution in [2.24, 2.45) is 5.73 Å². The van der Waals surface area contributed by atoms with Crippen molar-refractivity contribution in [2.45, 2.75) is 6.73 Å². The average Bonchev–Trinajstić information content (AvgIpc) is 2.14. The van der Waals surface area contributed by atoms with Gasteiger partial charge in [-0.05, 0) is 22.6 Å². The molecule has 6 nitrogen and oxygen atoms in total. The molecule has 1 rings (SSSR count). The predicted octanol–water partition coefficient (Wildman–Crippen LogP) is -0.926. The molecule has 7 heteroatoms. The van der Waals surface area contributed by atoms with E-state index < -0.39 is 5.69 Å². The van der Waals surface area contributed by atoms with Gasteiger partial charge in [-0.15, -0.1) is 0 Å². The van der Waals surface area contributed by atoms with E-state index in [-0.39, 0.29) is 12.3 Å². The zero-order valence-corrected chi connectivity index (χ0v) is 9.48. The van der Waals surface area contributed by atoms with Gasteiger partial charge in [0.2, 0.25) is 0 Å². The Labute approximate surface area is 93.2 Å². The molecule has 0 aliphatic heterocycles. The van der Waals surface area contributed by atoms with E-state index in [4.69, 9.17) is 10.5 Å². The summed E-state index contributed by atoms with van der Waals surface area (Å²) in [6, 6.07) is 0. The lowest BCUT2D eigenvalue weighted by Gasteiger charge is -2.05. The zero-order valence-electron chi connectivity index (χ0n) is 7.33. The molecule has 0 spiro atoms. The number of hydrogen-bond acceptors (Lipinski definition) is 4. The van der Waals surface area contributed by atoms with Crippen molar-refractivity contribution in [2.75, 3.05) is 13.2 Å². The van der Waals surface area contributed by atoms with Gasteiger partial charge in [0.1, 0.15) is 6.73 Å². The molecule has 0 saturated heterocycles. The highest BCUT2D eigenvalue weighted by atomic mass is 127. The number of nitrogens with two attached hydrogens (primary N) is 1. The topological polar surface area (TPSA) is 90.1 Å². The van der Waals surface area contributed by atoms with Crippen LogP contribution in [0.25, 0.3) is 0 Å². The highest BCUT2D eigenvalue weighted by molar-refractivity contribution is 14.1. The van der Waals surface area contributed by atoms with E-state index in [1.807, 2.05) is 22.6 Å². The van der Waals surface area contributed by atoms with Gasteiger partial charge in [0.15, 0.2) is 0 Å². The van der Waals surface area contributed by atoms with Crippen molar-refractivity contribution in [1.82, 2.24) is 9.55 Å². The summed E-state index contributed by atoms with van der Waals surface area (Å²) in [4.78, 5) is 24.3. The van der Waals surface area contributed by atoms with Gasteiger partial charge in [-0.2, -0.15) is 0 Å². The van der Waals surface area contributed by atoms with Crippen LogP contribution in [0.3, 0.4) is 0 Å². The third kappa shape index (κ3) is 2.93. The minimum absolute atomic E-state index is 0.100. The summed E-state index contributed by atoms with van der Waals surface area (Å²) >= 11 is 1.84. The Hall–Kier alpha value is -0.670. The number of ether oxygens (including phenoxy) is 1. The molecular weight excluding hydrogens is 301 g/mol. The van der Waals surface area contributed by atoms with E-state index in [2.05, 4.69) is 4.98 Å².